The fourth-order valence-corrected chi connectivity index (χ4v) is 3.31. The van der Waals surface area contributed by atoms with Gasteiger partial charge in [-0.05, 0) is 24.7 Å². The Labute approximate surface area is 163 Å². The van der Waals surface area contributed by atoms with Crippen LogP contribution in [0.25, 0.3) is 0 Å². The first-order chi connectivity index (χ1) is 13.6. The van der Waals surface area contributed by atoms with Crippen LogP contribution < -0.4 is 14.8 Å². The Morgan fingerprint density at radius 3 is 2.57 bits per heavy atom. The molecule has 8 nitrogen and oxygen atoms in total. The number of carbonyl (C=O) groups excluding carboxylic acids is 2. The van der Waals surface area contributed by atoms with Gasteiger partial charge in [0.2, 0.25) is 6.79 Å². The number of amides is 2. The first-order valence-electron chi connectivity index (χ1n) is 9.31. The minimum atomic E-state index is -0.336. The van der Waals surface area contributed by atoms with Gasteiger partial charge in [0.15, 0.2) is 11.5 Å². The predicted molar refractivity (Wildman–Crippen MR) is 103 cm³/mol. The largest absolute Gasteiger partial charge is 0.454 e. The number of ether oxygens (including phenoxy) is 2. The van der Waals surface area contributed by atoms with Gasteiger partial charge < -0.3 is 24.6 Å². The van der Waals surface area contributed by atoms with E-state index in [2.05, 4.69) is 22.1 Å². The quantitative estimate of drug-likeness (QED) is 0.869. The van der Waals surface area contributed by atoms with Crippen LogP contribution in [0.5, 0.6) is 11.5 Å². The minimum absolute atomic E-state index is 0.0963. The molecule has 1 fully saturated rings. The van der Waals surface area contributed by atoms with Crippen LogP contribution in [0.15, 0.2) is 36.7 Å². The molecule has 0 radical (unpaired) electrons. The number of anilines is 1. The number of aromatic nitrogens is 1. The Balaban J connectivity index is 1.44. The zero-order valence-corrected chi connectivity index (χ0v) is 15.7. The van der Waals surface area contributed by atoms with E-state index in [0.717, 1.165) is 19.6 Å². The molecule has 1 aromatic carbocycles. The van der Waals surface area contributed by atoms with Crippen LogP contribution >= 0.6 is 0 Å². The number of nitrogens with one attached hydrogen (secondary N) is 1. The molecular formula is C20H22N4O4. The highest BCUT2D eigenvalue weighted by molar-refractivity contribution is 6.06. The highest BCUT2D eigenvalue weighted by Gasteiger charge is 2.22. The number of likely N-dealkylation sites (N-methyl/N-ethyl adjacent to an activating group) is 1. The van der Waals surface area contributed by atoms with Crippen molar-refractivity contribution in [2.24, 2.45) is 0 Å². The first kappa shape index (κ1) is 18.2. The number of piperazine rings is 1. The summed E-state index contributed by atoms with van der Waals surface area (Å²) in [6.07, 6.45) is 2.96. The van der Waals surface area contributed by atoms with E-state index in [-0.39, 0.29) is 18.6 Å². The van der Waals surface area contributed by atoms with Crippen LogP contribution in [0.2, 0.25) is 0 Å². The maximum atomic E-state index is 12.8. The smallest absolute Gasteiger partial charge is 0.257 e. The summed E-state index contributed by atoms with van der Waals surface area (Å²) in [5.41, 5.74) is 1.33. The summed E-state index contributed by atoms with van der Waals surface area (Å²) in [6.45, 7) is 6.36. The molecule has 0 bridgehead atoms. The normalized spacial score (nSPS) is 16.1. The van der Waals surface area contributed by atoms with E-state index in [1.54, 1.807) is 24.3 Å². The van der Waals surface area contributed by atoms with Crippen molar-refractivity contribution in [2.75, 3.05) is 44.8 Å². The average Bonchev–Trinajstić information content (AvgIpc) is 3.21. The molecule has 0 saturated carbocycles. The van der Waals surface area contributed by atoms with Gasteiger partial charge in [0, 0.05) is 50.3 Å². The monoisotopic (exact) mass is 382 g/mol. The van der Waals surface area contributed by atoms with Gasteiger partial charge in [-0.3, -0.25) is 14.6 Å². The number of nitrogens with zero attached hydrogens (tertiary/aromatic N) is 3. The summed E-state index contributed by atoms with van der Waals surface area (Å²) in [5.74, 6) is 0.805. The van der Waals surface area contributed by atoms with Crippen LogP contribution in [0, 0.1) is 0 Å². The van der Waals surface area contributed by atoms with Gasteiger partial charge >= 0.3 is 0 Å². The second-order valence-corrected chi connectivity index (χ2v) is 6.71. The third-order valence-corrected chi connectivity index (χ3v) is 4.98. The molecule has 0 spiro atoms. The molecule has 3 heterocycles. The van der Waals surface area contributed by atoms with Crippen molar-refractivity contribution < 1.29 is 19.1 Å². The molecule has 8 heteroatoms. The van der Waals surface area contributed by atoms with E-state index in [1.807, 2.05) is 4.90 Å². The van der Waals surface area contributed by atoms with E-state index in [4.69, 9.17) is 9.47 Å². The molecule has 2 aliphatic heterocycles. The van der Waals surface area contributed by atoms with Gasteiger partial charge in [-0.25, -0.2) is 0 Å². The second kappa shape index (κ2) is 7.85. The number of fused-ring (bicyclic) bond motifs is 1. The number of hydrogen-bond donors (Lipinski definition) is 1. The lowest BCUT2D eigenvalue weighted by Gasteiger charge is -2.34. The van der Waals surface area contributed by atoms with E-state index >= 15 is 0 Å². The Bertz CT molecular complexity index is 894. The van der Waals surface area contributed by atoms with Gasteiger partial charge in [0.1, 0.15) is 0 Å². The molecule has 2 aliphatic rings. The number of pyridine rings is 1. The third-order valence-electron chi connectivity index (χ3n) is 4.98. The van der Waals surface area contributed by atoms with Crippen molar-refractivity contribution in [1.82, 2.24) is 14.8 Å². The van der Waals surface area contributed by atoms with Gasteiger partial charge in [-0.15, -0.1) is 0 Å². The van der Waals surface area contributed by atoms with Crippen molar-refractivity contribution in [3.05, 3.63) is 47.8 Å². The zero-order valence-electron chi connectivity index (χ0n) is 15.7. The summed E-state index contributed by atoms with van der Waals surface area (Å²) in [5, 5.41) is 2.80. The minimum Gasteiger partial charge on any atom is -0.454 e. The average molecular weight is 382 g/mol. The molecule has 0 atom stereocenters. The lowest BCUT2D eigenvalue weighted by atomic mass is 10.1. The highest BCUT2D eigenvalue weighted by atomic mass is 16.7. The van der Waals surface area contributed by atoms with Crippen LogP contribution in [0.3, 0.4) is 0 Å². The van der Waals surface area contributed by atoms with Crippen LogP contribution in [0.4, 0.5) is 5.69 Å². The molecular weight excluding hydrogens is 360 g/mol. The number of carbonyl (C=O) groups is 2. The van der Waals surface area contributed by atoms with E-state index < -0.39 is 0 Å². The fraction of sp³-hybridized carbons (Fsp3) is 0.350. The summed E-state index contributed by atoms with van der Waals surface area (Å²) < 4.78 is 10.6. The van der Waals surface area contributed by atoms with Crippen LogP contribution in [0.1, 0.15) is 27.6 Å². The number of rotatable bonds is 4. The van der Waals surface area contributed by atoms with Crippen molar-refractivity contribution in [3.8, 4) is 11.5 Å². The molecule has 28 heavy (non-hydrogen) atoms. The Morgan fingerprint density at radius 2 is 1.79 bits per heavy atom. The first-order valence-corrected chi connectivity index (χ1v) is 9.31. The molecule has 0 unspecified atom stereocenters. The number of hydrogen-bond acceptors (Lipinski definition) is 6. The van der Waals surface area contributed by atoms with Gasteiger partial charge in [0.25, 0.3) is 11.8 Å². The Kier molecular flexibility index (Phi) is 5.12. The lowest BCUT2D eigenvalue weighted by molar-refractivity contribution is 0.0643. The Hall–Kier alpha value is -3.13. The summed E-state index contributed by atoms with van der Waals surface area (Å²) in [6, 6.07) is 6.77. The molecule has 1 N–H and O–H groups in total. The Morgan fingerprint density at radius 1 is 1.04 bits per heavy atom. The van der Waals surface area contributed by atoms with Crippen molar-refractivity contribution in [1.29, 1.82) is 0 Å². The van der Waals surface area contributed by atoms with Gasteiger partial charge in [-0.2, -0.15) is 0 Å². The molecule has 2 amide bonds. The molecule has 4 rings (SSSR count). The molecule has 1 aromatic heterocycles. The van der Waals surface area contributed by atoms with Gasteiger partial charge in [0.05, 0.1) is 11.1 Å². The summed E-state index contributed by atoms with van der Waals surface area (Å²) in [7, 11) is 0. The van der Waals surface area contributed by atoms with E-state index in [0.29, 0.717) is 41.4 Å². The van der Waals surface area contributed by atoms with Crippen molar-refractivity contribution >= 4 is 17.5 Å². The lowest BCUT2D eigenvalue weighted by Crippen LogP contribution is -2.48. The van der Waals surface area contributed by atoms with Gasteiger partial charge in [-0.1, -0.05) is 6.92 Å². The van der Waals surface area contributed by atoms with Crippen LogP contribution in [-0.4, -0.2) is 66.1 Å². The standard InChI is InChI=1S/C20H22N4O4/c1-2-23-5-7-24(8-6-23)20(26)15-9-14(11-21-12-15)19(25)22-16-3-4-17-18(10-16)28-13-27-17/h3-4,9-12H,2,5-8,13H2,1H3,(H,22,25). The highest BCUT2D eigenvalue weighted by Crippen LogP contribution is 2.34. The van der Waals surface area contributed by atoms with E-state index in [9.17, 15) is 9.59 Å². The number of benzene rings is 1. The topological polar surface area (TPSA) is 84.0 Å². The van der Waals surface area contributed by atoms with E-state index in [1.165, 1.54) is 12.4 Å². The molecule has 2 aromatic rings. The maximum absolute atomic E-state index is 12.8. The van der Waals surface area contributed by atoms with Crippen molar-refractivity contribution in [3.63, 3.8) is 0 Å². The maximum Gasteiger partial charge on any atom is 0.257 e. The molecule has 1 saturated heterocycles. The summed E-state index contributed by atoms with van der Waals surface area (Å²) >= 11 is 0. The van der Waals surface area contributed by atoms with Crippen molar-refractivity contribution in [2.45, 2.75) is 6.92 Å². The SMILES string of the molecule is CCN1CCN(C(=O)c2cncc(C(=O)Nc3ccc4c(c3)OCO4)c2)CC1. The molecule has 146 valence electrons. The van der Waals surface area contributed by atoms with Crippen LogP contribution in [-0.2, 0) is 0 Å². The fourth-order valence-electron chi connectivity index (χ4n) is 3.31. The third kappa shape index (κ3) is 3.77. The predicted octanol–water partition coefficient (Wildman–Crippen LogP) is 1.84. The summed E-state index contributed by atoms with van der Waals surface area (Å²) in [4.78, 5) is 33.6. The zero-order chi connectivity index (χ0) is 19.5. The second-order valence-electron chi connectivity index (χ2n) is 6.71. The molecule has 0 aliphatic carbocycles.